The Bertz CT molecular complexity index is 1090. The van der Waals surface area contributed by atoms with Crippen LogP contribution in [0, 0.1) is 24.0 Å². The van der Waals surface area contributed by atoms with Crippen molar-refractivity contribution in [2.24, 2.45) is 21.1 Å². The monoisotopic (exact) mass is 409 g/mol. The predicted octanol–water partition coefficient (Wildman–Crippen LogP) is 4.67. The Kier molecular flexibility index (Phi) is 4.33. The normalized spacial score (nSPS) is 29.6. The van der Waals surface area contributed by atoms with Crippen molar-refractivity contribution < 1.29 is 13.5 Å². The Morgan fingerprint density at radius 3 is 2.57 bits per heavy atom. The third kappa shape index (κ3) is 2.59. The van der Waals surface area contributed by atoms with Crippen molar-refractivity contribution in [1.29, 1.82) is 0 Å². The molecule has 156 valence electrons. The van der Waals surface area contributed by atoms with Crippen LogP contribution in [-0.2, 0) is 16.8 Å². The number of aryl methyl sites for hydroxylation is 1. The van der Waals surface area contributed by atoms with Gasteiger partial charge in [0.25, 0.3) is 0 Å². The van der Waals surface area contributed by atoms with Crippen LogP contribution in [0.1, 0.15) is 42.4 Å². The molecule has 0 amide bonds. The number of amidine groups is 1. The Hall–Kier alpha value is -2.60. The number of fused-ring (bicyclic) bond motifs is 3. The maximum atomic E-state index is 14.6. The lowest BCUT2D eigenvalue weighted by molar-refractivity contribution is -0.000297. The lowest BCUT2D eigenvalue weighted by Gasteiger charge is -2.44. The number of nitrogens with zero attached hydrogens (tertiary/aromatic N) is 2. The highest BCUT2D eigenvalue weighted by Crippen LogP contribution is 2.62. The van der Waals surface area contributed by atoms with Crippen molar-refractivity contribution in [1.82, 2.24) is 0 Å². The van der Waals surface area contributed by atoms with Gasteiger partial charge in [0.1, 0.15) is 5.84 Å². The maximum absolute atomic E-state index is 14.6. The third-order valence-electron chi connectivity index (χ3n) is 7.23. The molecule has 0 saturated heterocycles. The van der Waals surface area contributed by atoms with Gasteiger partial charge >= 0.3 is 0 Å². The lowest BCUT2D eigenvalue weighted by atomic mass is 9.65. The minimum absolute atomic E-state index is 0.173. The van der Waals surface area contributed by atoms with Crippen LogP contribution in [0.15, 0.2) is 40.3 Å². The molecule has 0 radical (unpaired) electrons. The second kappa shape index (κ2) is 6.71. The van der Waals surface area contributed by atoms with Crippen LogP contribution in [0.2, 0.25) is 0 Å². The number of halogens is 2. The summed E-state index contributed by atoms with van der Waals surface area (Å²) in [7, 11) is 1.76. The van der Waals surface area contributed by atoms with E-state index in [0.717, 1.165) is 49.3 Å². The van der Waals surface area contributed by atoms with Crippen molar-refractivity contribution in [2.45, 2.75) is 50.8 Å². The topological polar surface area (TPSA) is 60.0 Å². The third-order valence-corrected chi connectivity index (χ3v) is 7.23. The van der Waals surface area contributed by atoms with Crippen LogP contribution in [0.25, 0.3) is 11.1 Å². The summed E-state index contributed by atoms with van der Waals surface area (Å²) >= 11 is 0. The zero-order valence-electron chi connectivity index (χ0n) is 17.2. The first-order chi connectivity index (χ1) is 14.4. The molecule has 1 fully saturated rings. The molecule has 1 aliphatic heterocycles. The molecule has 2 aromatic rings. The first-order valence-corrected chi connectivity index (χ1v) is 10.4. The predicted molar refractivity (Wildman–Crippen MR) is 114 cm³/mol. The van der Waals surface area contributed by atoms with E-state index < -0.39 is 17.3 Å². The first-order valence-electron chi connectivity index (χ1n) is 10.4. The molecule has 2 N–H and O–H groups in total. The van der Waals surface area contributed by atoms with Gasteiger partial charge in [-0.15, -0.1) is 0 Å². The molecule has 0 aromatic heterocycles. The number of aliphatic imine (C=N–C) groups is 2. The summed E-state index contributed by atoms with van der Waals surface area (Å²) in [5, 5.41) is 0. The number of hydrogen-bond acceptors (Lipinski definition) is 4. The fourth-order valence-corrected chi connectivity index (χ4v) is 5.71. The highest BCUT2D eigenvalue weighted by Gasteiger charge is 2.60. The van der Waals surface area contributed by atoms with Gasteiger partial charge in [0.2, 0.25) is 0 Å². The number of nitrogens with two attached hydrogens (primary N) is 1. The molecule has 6 heteroatoms. The van der Waals surface area contributed by atoms with Gasteiger partial charge in [-0.05, 0) is 67.9 Å². The number of benzene rings is 2. The van der Waals surface area contributed by atoms with E-state index in [2.05, 4.69) is 6.07 Å². The van der Waals surface area contributed by atoms with Crippen molar-refractivity contribution >= 4 is 12.1 Å². The minimum atomic E-state index is -0.849. The van der Waals surface area contributed by atoms with Gasteiger partial charge in [-0.3, -0.25) is 4.99 Å². The van der Waals surface area contributed by atoms with Gasteiger partial charge in [-0.25, -0.2) is 13.8 Å². The second-order valence-electron chi connectivity index (χ2n) is 8.78. The van der Waals surface area contributed by atoms with E-state index in [1.807, 2.05) is 13.0 Å². The van der Waals surface area contributed by atoms with Crippen molar-refractivity contribution in [3.63, 3.8) is 0 Å². The van der Waals surface area contributed by atoms with E-state index in [1.165, 1.54) is 11.6 Å². The van der Waals surface area contributed by atoms with Crippen molar-refractivity contribution in [2.75, 3.05) is 7.11 Å². The number of rotatable bonds is 2. The number of hydrogen-bond donors (Lipinski definition) is 1. The zero-order valence-corrected chi connectivity index (χ0v) is 17.2. The molecule has 0 bridgehead atoms. The van der Waals surface area contributed by atoms with Crippen LogP contribution >= 0.6 is 0 Å². The summed E-state index contributed by atoms with van der Waals surface area (Å²) < 4.78 is 34.1. The molecule has 4 nitrogen and oxygen atoms in total. The second-order valence-corrected chi connectivity index (χ2v) is 8.78. The van der Waals surface area contributed by atoms with Gasteiger partial charge in [0.05, 0.1) is 12.3 Å². The van der Waals surface area contributed by atoms with E-state index in [0.29, 0.717) is 11.4 Å². The van der Waals surface area contributed by atoms with E-state index in [4.69, 9.17) is 20.5 Å². The number of methoxy groups -OCH3 is 1. The van der Waals surface area contributed by atoms with Gasteiger partial charge in [0, 0.05) is 23.7 Å². The molecule has 2 aromatic carbocycles. The van der Waals surface area contributed by atoms with Gasteiger partial charge in [-0.1, -0.05) is 18.2 Å². The molecule has 5 rings (SSSR count). The highest BCUT2D eigenvalue weighted by atomic mass is 19.2. The summed E-state index contributed by atoms with van der Waals surface area (Å²) in [5.74, 6) is -1.27. The fourth-order valence-electron chi connectivity index (χ4n) is 5.71. The Balaban J connectivity index is 1.68. The van der Waals surface area contributed by atoms with Gasteiger partial charge < -0.3 is 10.5 Å². The fraction of sp³-hybridized carbons (Fsp3) is 0.417. The molecule has 1 heterocycles. The quantitative estimate of drug-likeness (QED) is 0.784. The molecule has 1 atom stereocenters. The SMILES string of the molecule is CO[C@H]1CC[C@]2(CC1)Cc1cc(C)c(-c3cccc(F)c3F)cc1[C@@]21N=CC(N)=N1. The van der Waals surface area contributed by atoms with Crippen LogP contribution < -0.4 is 5.73 Å². The van der Waals surface area contributed by atoms with Gasteiger partial charge in [-0.2, -0.15) is 0 Å². The summed E-state index contributed by atoms with van der Waals surface area (Å²) in [6, 6.07) is 8.34. The molecular formula is C24H25F2N3O. The van der Waals surface area contributed by atoms with Crippen molar-refractivity contribution in [3.05, 3.63) is 58.7 Å². The van der Waals surface area contributed by atoms with E-state index in [1.54, 1.807) is 19.4 Å². The smallest absolute Gasteiger partial charge is 0.184 e. The van der Waals surface area contributed by atoms with Crippen LogP contribution in [0.3, 0.4) is 0 Å². The Morgan fingerprint density at radius 1 is 1.13 bits per heavy atom. The molecule has 3 aliphatic rings. The number of ether oxygens (including phenoxy) is 1. The summed E-state index contributed by atoms with van der Waals surface area (Å²) in [5.41, 5.74) is 9.08. The standard InChI is InChI=1S/C24H25F2N3O/c1-14-10-15-12-23(8-6-16(30-2)7-9-23)24(28-13-21(27)29-24)19(15)11-18(14)17-4-3-5-20(25)22(17)26/h3-5,10-11,13,16H,6-9,12H2,1-2H3,(H2,27,29)/t16-,23-,24-/m0/s1. The zero-order chi connectivity index (χ0) is 21.1. The van der Waals surface area contributed by atoms with E-state index in [9.17, 15) is 8.78 Å². The molecule has 30 heavy (non-hydrogen) atoms. The summed E-state index contributed by atoms with van der Waals surface area (Å²) in [6.07, 6.45) is 6.49. The molecule has 1 saturated carbocycles. The Labute approximate surface area is 174 Å². The molecule has 2 spiro atoms. The molecule has 2 aliphatic carbocycles. The largest absolute Gasteiger partial charge is 0.383 e. The highest BCUT2D eigenvalue weighted by molar-refractivity contribution is 6.30. The summed E-state index contributed by atoms with van der Waals surface area (Å²) in [6.45, 7) is 1.94. The first kappa shape index (κ1) is 19.4. The van der Waals surface area contributed by atoms with Crippen LogP contribution in [0.4, 0.5) is 8.78 Å². The lowest BCUT2D eigenvalue weighted by Crippen LogP contribution is -2.43. The molecular weight excluding hydrogens is 384 g/mol. The van der Waals surface area contributed by atoms with E-state index >= 15 is 0 Å². The summed E-state index contributed by atoms with van der Waals surface area (Å²) in [4.78, 5) is 9.72. The Morgan fingerprint density at radius 2 is 1.90 bits per heavy atom. The average Bonchev–Trinajstić information content (AvgIpc) is 3.24. The van der Waals surface area contributed by atoms with Gasteiger partial charge in [0.15, 0.2) is 17.3 Å². The van der Waals surface area contributed by atoms with Crippen LogP contribution in [0.5, 0.6) is 0 Å². The molecule has 0 unspecified atom stereocenters. The maximum Gasteiger partial charge on any atom is 0.184 e. The van der Waals surface area contributed by atoms with Crippen LogP contribution in [-0.4, -0.2) is 25.3 Å². The van der Waals surface area contributed by atoms with E-state index in [-0.39, 0.29) is 17.1 Å². The minimum Gasteiger partial charge on any atom is -0.383 e. The average molecular weight is 409 g/mol. The van der Waals surface area contributed by atoms with Crippen molar-refractivity contribution in [3.8, 4) is 11.1 Å².